The Balaban J connectivity index is 1.80. The fourth-order valence-corrected chi connectivity index (χ4v) is 6.59. The number of nitrogens with one attached hydrogen (secondary N) is 1. The number of likely N-dealkylation sites (N-methyl/N-ethyl adjacent to an activating group) is 1. The van der Waals surface area contributed by atoms with Gasteiger partial charge in [-0.15, -0.1) is 0 Å². The Morgan fingerprint density at radius 3 is 2.12 bits per heavy atom. The van der Waals surface area contributed by atoms with E-state index in [1.165, 1.54) is 29.2 Å². The average Bonchev–Trinajstić information content (AvgIpc) is 3.00. The largest absolute Gasteiger partial charge is 0.355 e. The maximum Gasteiger partial charge on any atom is 0.264 e. The Labute approximate surface area is 266 Å². The molecule has 2 amide bonds. The SMILES string of the molecule is CCNC(=O)[C@@H](Cc1ccccc1)N(Cc1ccc(Br)cc1)C(=O)CN(c1ccccc1C)S(=O)(=O)c1ccc(Cl)cc1. The highest BCUT2D eigenvalue weighted by molar-refractivity contribution is 9.10. The van der Waals surface area contributed by atoms with Crippen molar-refractivity contribution in [1.29, 1.82) is 0 Å². The molecule has 1 atom stereocenters. The topological polar surface area (TPSA) is 86.8 Å². The number of hydrogen-bond acceptors (Lipinski definition) is 4. The zero-order valence-corrected chi connectivity index (χ0v) is 27.1. The second-order valence-corrected chi connectivity index (χ2v) is 13.2. The van der Waals surface area contributed by atoms with Crippen LogP contribution >= 0.6 is 27.5 Å². The Hall–Kier alpha value is -3.66. The van der Waals surface area contributed by atoms with Crippen LogP contribution in [0.15, 0.2) is 112 Å². The molecule has 7 nitrogen and oxygen atoms in total. The molecular weight excluding hydrogens is 650 g/mol. The predicted molar refractivity (Wildman–Crippen MR) is 174 cm³/mol. The lowest BCUT2D eigenvalue weighted by molar-refractivity contribution is -0.140. The summed E-state index contributed by atoms with van der Waals surface area (Å²) >= 11 is 9.49. The number of halogens is 2. The van der Waals surface area contributed by atoms with Gasteiger partial charge in [-0.05, 0) is 73.0 Å². The van der Waals surface area contributed by atoms with Crippen LogP contribution in [0.2, 0.25) is 5.02 Å². The minimum absolute atomic E-state index is 0.00280. The monoisotopic (exact) mass is 681 g/mol. The van der Waals surface area contributed by atoms with E-state index in [1.54, 1.807) is 31.2 Å². The molecule has 0 unspecified atom stereocenters. The van der Waals surface area contributed by atoms with Crippen molar-refractivity contribution in [2.45, 2.75) is 37.8 Å². The molecule has 0 radical (unpaired) electrons. The highest BCUT2D eigenvalue weighted by Gasteiger charge is 2.34. The van der Waals surface area contributed by atoms with Crippen molar-refractivity contribution in [2.75, 3.05) is 17.4 Å². The third-order valence-electron chi connectivity index (χ3n) is 6.95. The number of benzene rings is 4. The van der Waals surface area contributed by atoms with E-state index < -0.39 is 28.5 Å². The molecule has 0 aliphatic rings. The van der Waals surface area contributed by atoms with Crippen molar-refractivity contribution < 1.29 is 18.0 Å². The van der Waals surface area contributed by atoms with Gasteiger partial charge in [-0.3, -0.25) is 13.9 Å². The summed E-state index contributed by atoms with van der Waals surface area (Å²) in [4.78, 5) is 29.4. The van der Waals surface area contributed by atoms with Gasteiger partial charge in [-0.1, -0.05) is 88.2 Å². The Morgan fingerprint density at radius 1 is 0.860 bits per heavy atom. The van der Waals surface area contributed by atoms with E-state index in [1.807, 2.05) is 61.5 Å². The second-order valence-electron chi connectivity index (χ2n) is 10.0. The summed E-state index contributed by atoms with van der Waals surface area (Å²) < 4.78 is 30.1. The van der Waals surface area contributed by atoms with Gasteiger partial charge >= 0.3 is 0 Å². The van der Waals surface area contributed by atoms with Crippen LogP contribution in [0.1, 0.15) is 23.6 Å². The molecule has 0 saturated carbocycles. The molecule has 10 heteroatoms. The van der Waals surface area contributed by atoms with Gasteiger partial charge in [0.05, 0.1) is 10.6 Å². The molecule has 4 rings (SSSR count). The summed E-state index contributed by atoms with van der Waals surface area (Å²) in [6.45, 7) is 3.57. The molecular formula is C33H33BrClN3O4S. The van der Waals surface area contributed by atoms with E-state index in [-0.39, 0.29) is 23.8 Å². The molecule has 1 N–H and O–H groups in total. The van der Waals surface area contributed by atoms with E-state index in [4.69, 9.17) is 11.6 Å². The molecule has 0 aliphatic carbocycles. The first kappa shape index (κ1) is 32.3. The minimum Gasteiger partial charge on any atom is -0.355 e. The van der Waals surface area contributed by atoms with E-state index >= 15 is 0 Å². The smallest absolute Gasteiger partial charge is 0.264 e. The van der Waals surface area contributed by atoms with Crippen molar-refractivity contribution >= 4 is 55.1 Å². The number of aryl methyl sites for hydroxylation is 1. The van der Waals surface area contributed by atoms with Crippen molar-refractivity contribution in [3.63, 3.8) is 0 Å². The van der Waals surface area contributed by atoms with Crippen LogP contribution in [0.4, 0.5) is 5.69 Å². The summed E-state index contributed by atoms with van der Waals surface area (Å²) in [6, 6.07) is 28.8. The summed E-state index contributed by atoms with van der Waals surface area (Å²) in [5.41, 5.74) is 2.71. The van der Waals surface area contributed by atoms with Gasteiger partial charge in [-0.25, -0.2) is 8.42 Å². The molecule has 43 heavy (non-hydrogen) atoms. The van der Waals surface area contributed by atoms with Crippen LogP contribution in [0.5, 0.6) is 0 Å². The van der Waals surface area contributed by atoms with E-state index in [0.717, 1.165) is 19.9 Å². The minimum atomic E-state index is -4.20. The maximum absolute atomic E-state index is 14.4. The molecule has 0 aliphatic heterocycles. The first-order chi connectivity index (χ1) is 20.6. The number of para-hydroxylation sites is 1. The molecule has 0 bridgehead atoms. The second kappa shape index (κ2) is 14.7. The first-order valence-electron chi connectivity index (χ1n) is 13.8. The third kappa shape index (κ3) is 8.25. The lowest BCUT2D eigenvalue weighted by Gasteiger charge is -2.34. The Kier molecular flexibility index (Phi) is 11.0. The zero-order valence-electron chi connectivity index (χ0n) is 23.9. The first-order valence-corrected chi connectivity index (χ1v) is 16.4. The number of rotatable bonds is 12. The van der Waals surface area contributed by atoms with Gasteiger partial charge < -0.3 is 10.2 Å². The third-order valence-corrected chi connectivity index (χ3v) is 9.51. The van der Waals surface area contributed by atoms with Crippen LogP contribution in [0.25, 0.3) is 0 Å². The van der Waals surface area contributed by atoms with E-state index in [9.17, 15) is 18.0 Å². The predicted octanol–water partition coefficient (Wildman–Crippen LogP) is 6.38. The van der Waals surface area contributed by atoms with Gasteiger partial charge in [0.25, 0.3) is 10.0 Å². The number of hydrogen-bond donors (Lipinski definition) is 1. The fourth-order valence-electron chi connectivity index (χ4n) is 4.72. The van der Waals surface area contributed by atoms with Gasteiger partial charge in [-0.2, -0.15) is 0 Å². The summed E-state index contributed by atoms with van der Waals surface area (Å²) in [5, 5.41) is 3.26. The number of amides is 2. The van der Waals surface area contributed by atoms with Crippen LogP contribution < -0.4 is 9.62 Å². The Bertz CT molecular complexity index is 1650. The molecule has 0 aromatic heterocycles. The van der Waals surface area contributed by atoms with Crippen molar-refractivity contribution in [3.8, 4) is 0 Å². The molecule has 0 fully saturated rings. The lowest BCUT2D eigenvalue weighted by Crippen LogP contribution is -2.53. The summed E-state index contributed by atoms with van der Waals surface area (Å²) in [5.74, 6) is -0.837. The van der Waals surface area contributed by atoms with Crippen LogP contribution in [-0.2, 0) is 32.6 Å². The summed E-state index contributed by atoms with van der Waals surface area (Å²) in [7, 11) is -4.20. The number of carbonyl (C=O) groups excluding carboxylic acids is 2. The van der Waals surface area contributed by atoms with E-state index in [0.29, 0.717) is 22.8 Å². The summed E-state index contributed by atoms with van der Waals surface area (Å²) in [6.07, 6.45) is 0.253. The quantitative estimate of drug-likeness (QED) is 0.188. The molecule has 4 aromatic carbocycles. The maximum atomic E-state index is 14.4. The standard InChI is InChI=1S/C33H33BrClN3O4S/c1-3-36-33(40)31(21-25-10-5-4-6-11-25)37(22-26-13-15-27(34)16-14-26)32(39)23-38(30-12-8-7-9-24(30)2)43(41,42)29-19-17-28(35)18-20-29/h4-20,31H,3,21-23H2,1-2H3,(H,36,40)/t31-/m1/s1. The van der Waals surface area contributed by atoms with Gasteiger partial charge in [0.15, 0.2) is 0 Å². The van der Waals surface area contributed by atoms with Crippen molar-refractivity contribution in [3.05, 3.63) is 129 Å². The van der Waals surface area contributed by atoms with Gasteiger partial charge in [0.2, 0.25) is 11.8 Å². The highest BCUT2D eigenvalue weighted by atomic mass is 79.9. The van der Waals surface area contributed by atoms with Crippen LogP contribution in [-0.4, -0.2) is 44.3 Å². The number of carbonyl (C=O) groups is 2. The lowest BCUT2D eigenvalue weighted by atomic mass is 10.0. The zero-order chi connectivity index (χ0) is 31.0. The Morgan fingerprint density at radius 2 is 1.49 bits per heavy atom. The van der Waals surface area contributed by atoms with Gasteiger partial charge in [0, 0.05) is 29.0 Å². The molecule has 0 heterocycles. The number of nitrogens with zero attached hydrogens (tertiary/aromatic N) is 2. The molecule has 4 aromatic rings. The molecule has 0 saturated heterocycles. The average molecular weight is 683 g/mol. The molecule has 0 spiro atoms. The number of sulfonamides is 1. The van der Waals surface area contributed by atoms with Crippen molar-refractivity contribution in [1.82, 2.24) is 10.2 Å². The van der Waals surface area contributed by atoms with Crippen molar-refractivity contribution in [2.24, 2.45) is 0 Å². The van der Waals surface area contributed by atoms with Crippen LogP contribution in [0.3, 0.4) is 0 Å². The van der Waals surface area contributed by atoms with Crippen LogP contribution in [0, 0.1) is 6.92 Å². The fraction of sp³-hybridized carbons (Fsp3) is 0.212. The van der Waals surface area contributed by atoms with Gasteiger partial charge in [0.1, 0.15) is 12.6 Å². The van der Waals surface area contributed by atoms with E-state index in [2.05, 4.69) is 21.2 Å². The normalized spacial score (nSPS) is 11.9. The highest BCUT2D eigenvalue weighted by Crippen LogP contribution is 2.28. The number of anilines is 1. The molecule has 224 valence electrons.